The van der Waals surface area contributed by atoms with Crippen molar-refractivity contribution < 1.29 is 0 Å². The molecule has 82 valence electrons. The molecule has 0 bridgehead atoms. The zero-order valence-corrected chi connectivity index (χ0v) is 9.45. The summed E-state index contributed by atoms with van der Waals surface area (Å²) in [5.74, 6) is 0. The van der Waals surface area contributed by atoms with Crippen molar-refractivity contribution in [2.45, 2.75) is 31.7 Å². The molecule has 2 rings (SSSR count). The lowest BCUT2D eigenvalue weighted by molar-refractivity contribution is 0.297. The molecule has 1 saturated heterocycles. The van der Waals surface area contributed by atoms with Crippen molar-refractivity contribution >= 4 is 5.69 Å². The number of aryl methyl sites for hydroxylation is 1. The number of nitrogens with two attached hydrogens (primary N) is 1. The summed E-state index contributed by atoms with van der Waals surface area (Å²) in [7, 11) is 2.23. The van der Waals surface area contributed by atoms with Gasteiger partial charge in [-0.05, 0) is 50.9 Å². The molecule has 1 fully saturated rings. The van der Waals surface area contributed by atoms with E-state index in [-0.39, 0.29) is 0 Å². The van der Waals surface area contributed by atoms with E-state index in [4.69, 9.17) is 5.73 Å². The summed E-state index contributed by atoms with van der Waals surface area (Å²) in [5, 5.41) is 0. The van der Waals surface area contributed by atoms with Crippen LogP contribution in [0, 0.1) is 0 Å². The number of hydrogen-bond donors (Lipinski definition) is 1. The van der Waals surface area contributed by atoms with E-state index >= 15 is 0 Å². The average Bonchev–Trinajstić information content (AvgIpc) is 2.63. The van der Waals surface area contributed by atoms with Crippen LogP contribution in [0.4, 0.5) is 5.69 Å². The number of anilines is 1. The summed E-state index contributed by atoms with van der Waals surface area (Å²) in [5.41, 5.74) is 8.17. The van der Waals surface area contributed by atoms with Crippen LogP contribution >= 0.6 is 0 Å². The van der Waals surface area contributed by atoms with Gasteiger partial charge in [-0.2, -0.15) is 0 Å². The van der Waals surface area contributed by atoms with E-state index in [0.717, 1.165) is 18.2 Å². The molecule has 15 heavy (non-hydrogen) atoms. The van der Waals surface area contributed by atoms with Crippen LogP contribution < -0.4 is 5.73 Å². The predicted octanol–water partition coefficient (Wildman–Crippen LogP) is 2.30. The fraction of sp³-hybridized carbons (Fsp3) is 0.538. The van der Waals surface area contributed by atoms with Gasteiger partial charge in [-0.3, -0.25) is 0 Å². The summed E-state index contributed by atoms with van der Waals surface area (Å²) in [4.78, 5) is 2.47. The van der Waals surface area contributed by atoms with E-state index in [2.05, 4.69) is 24.1 Å². The Morgan fingerprint density at radius 3 is 2.87 bits per heavy atom. The lowest BCUT2D eigenvalue weighted by Crippen LogP contribution is -2.25. The molecule has 0 aromatic heterocycles. The fourth-order valence-corrected chi connectivity index (χ4v) is 2.43. The zero-order chi connectivity index (χ0) is 10.7. The van der Waals surface area contributed by atoms with E-state index in [1.54, 1.807) is 0 Å². The van der Waals surface area contributed by atoms with Gasteiger partial charge >= 0.3 is 0 Å². The van der Waals surface area contributed by atoms with Crippen LogP contribution in [0.1, 0.15) is 24.8 Å². The van der Waals surface area contributed by atoms with Crippen molar-refractivity contribution in [3.05, 3.63) is 29.8 Å². The van der Waals surface area contributed by atoms with Crippen LogP contribution in [-0.4, -0.2) is 24.5 Å². The molecular formula is C13H20N2. The van der Waals surface area contributed by atoms with Gasteiger partial charge in [0.05, 0.1) is 0 Å². The van der Waals surface area contributed by atoms with Crippen LogP contribution in [0.3, 0.4) is 0 Å². The van der Waals surface area contributed by atoms with Crippen molar-refractivity contribution in [2.75, 3.05) is 19.3 Å². The third-order valence-electron chi connectivity index (χ3n) is 3.47. The Morgan fingerprint density at radius 2 is 2.20 bits per heavy atom. The van der Waals surface area contributed by atoms with Gasteiger partial charge in [-0.25, -0.2) is 0 Å². The highest BCUT2D eigenvalue weighted by molar-refractivity contribution is 5.46. The molecule has 0 saturated carbocycles. The molecule has 0 amide bonds. The Kier molecular flexibility index (Phi) is 3.27. The van der Waals surface area contributed by atoms with Gasteiger partial charge in [0, 0.05) is 11.7 Å². The first kappa shape index (κ1) is 10.5. The Morgan fingerprint density at radius 1 is 1.40 bits per heavy atom. The molecule has 0 aliphatic carbocycles. The largest absolute Gasteiger partial charge is 0.399 e. The second kappa shape index (κ2) is 4.67. The molecule has 0 spiro atoms. The third kappa shape index (κ3) is 2.51. The summed E-state index contributed by atoms with van der Waals surface area (Å²) in [6.45, 7) is 1.26. The zero-order valence-electron chi connectivity index (χ0n) is 9.45. The minimum absolute atomic E-state index is 0.768. The Balaban J connectivity index is 1.90. The lowest BCUT2D eigenvalue weighted by atomic mass is 10.0. The molecular weight excluding hydrogens is 184 g/mol. The summed E-state index contributed by atoms with van der Waals surface area (Å²) >= 11 is 0. The molecule has 1 aliphatic rings. The molecule has 1 unspecified atom stereocenters. The molecule has 2 nitrogen and oxygen atoms in total. The quantitative estimate of drug-likeness (QED) is 0.765. The molecule has 1 aromatic carbocycles. The average molecular weight is 204 g/mol. The number of nitrogen functional groups attached to an aromatic ring is 1. The van der Waals surface area contributed by atoms with Gasteiger partial charge in [0.1, 0.15) is 0 Å². The van der Waals surface area contributed by atoms with Crippen LogP contribution in [0.5, 0.6) is 0 Å². The smallest absolute Gasteiger partial charge is 0.0346 e. The van der Waals surface area contributed by atoms with Crippen molar-refractivity contribution in [3.8, 4) is 0 Å². The summed E-state index contributed by atoms with van der Waals surface area (Å²) in [6.07, 6.45) is 5.06. The van der Waals surface area contributed by atoms with Gasteiger partial charge in [0.2, 0.25) is 0 Å². The van der Waals surface area contributed by atoms with Crippen molar-refractivity contribution in [3.63, 3.8) is 0 Å². The van der Waals surface area contributed by atoms with E-state index in [0.29, 0.717) is 0 Å². The number of rotatable bonds is 3. The monoisotopic (exact) mass is 204 g/mol. The normalized spacial score (nSPS) is 22.1. The topological polar surface area (TPSA) is 29.3 Å². The van der Waals surface area contributed by atoms with Crippen molar-refractivity contribution in [2.24, 2.45) is 0 Å². The fourth-order valence-electron chi connectivity index (χ4n) is 2.43. The van der Waals surface area contributed by atoms with Gasteiger partial charge in [0.25, 0.3) is 0 Å². The van der Waals surface area contributed by atoms with Gasteiger partial charge in [-0.15, -0.1) is 0 Å². The first-order valence-corrected chi connectivity index (χ1v) is 5.81. The van der Waals surface area contributed by atoms with Crippen LogP contribution in [0.25, 0.3) is 0 Å². The van der Waals surface area contributed by atoms with Gasteiger partial charge in [0.15, 0.2) is 0 Å². The highest BCUT2D eigenvalue weighted by Crippen LogP contribution is 2.21. The molecule has 2 heteroatoms. The maximum atomic E-state index is 5.93. The van der Waals surface area contributed by atoms with Crippen LogP contribution in [0.15, 0.2) is 24.3 Å². The van der Waals surface area contributed by atoms with Gasteiger partial charge < -0.3 is 10.6 Å². The summed E-state index contributed by atoms with van der Waals surface area (Å²) in [6, 6.07) is 8.98. The molecule has 1 heterocycles. The Bertz CT molecular complexity index is 322. The maximum absolute atomic E-state index is 5.93. The van der Waals surface area contributed by atoms with Crippen molar-refractivity contribution in [1.82, 2.24) is 4.90 Å². The van der Waals surface area contributed by atoms with Crippen LogP contribution in [0.2, 0.25) is 0 Å². The van der Waals surface area contributed by atoms with Gasteiger partial charge in [-0.1, -0.05) is 18.2 Å². The van der Waals surface area contributed by atoms with E-state index < -0.39 is 0 Å². The number of nitrogens with zero attached hydrogens (tertiary/aromatic N) is 1. The minimum Gasteiger partial charge on any atom is -0.399 e. The van der Waals surface area contributed by atoms with Crippen LogP contribution in [-0.2, 0) is 6.42 Å². The maximum Gasteiger partial charge on any atom is 0.0346 e. The minimum atomic E-state index is 0.768. The molecule has 1 aromatic rings. The molecule has 0 radical (unpaired) electrons. The summed E-state index contributed by atoms with van der Waals surface area (Å²) < 4.78 is 0. The van der Waals surface area contributed by atoms with Crippen molar-refractivity contribution in [1.29, 1.82) is 0 Å². The Hall–Kier alpha value is -1.02. The highest BCUT2D eigenvalue weighted by Gasteiger charge is 2.20. The second-order valence-corrected chi connectivity index (χ2v) is 4.51. The standard InChI is InChI=1S/C13H20N2/c1-15-10-4-6-12(15)9-8-11-5-2-3-7-13(11)14/h2-3,5,7,12H,4,6,8-10,14H2,1H3. The third-order valence-corrected chi connectivity index (χ3v) is 3.47. The molecule has 1 atom stereocenters. The number of benzene rings is 1. The first-order valence-electron chi connectivity index (χ1n) is 5.81. The first-order chi connectivity index (χ1) is 7.27. The SMILES string of the molecule is CN1CCCC1CCc1ccccc1N. The molecule has 2 N–H and O–H groups in total. The highest BCUT2D eigenvalue weighted by atomic mass is 15.1. The number of likely N-dealkylation sites (tertiary alicyclic amines) is 1. The van der Waals surface area contributed by atoms with E-state index in [1.165, 1.54) is 31.4 Å². The van der Waals surface area contributed by atoms with E-state index in [1.807, 2.05) is 12.1 Å². The predicted molar refractivity (Wildman–Crippen MR) is 64.8 cm³/mol. The number of para-hydroxylation sites is 1. The molecule has 1 aliphatic heterocycles. The number of hydrogen-bond acceptors (Lipinski definition) is 2. The Labute approximate surface area is 92.1 Å². The second-order valence-electron chi connectivity index (χ2n) is 4.51. The lowest BCUT2D eigenvalue weighted by Gasteiger charge is -2.19. The van der Waals surface area contributed by atoms with E-state index in [9.17, 15) is 0 Å².